The molecule has 0 spiro atoms. The minimum absolute atomic E-state index is 0.0629. The molecule has 6 heteroatoms. The Bertz CT molecular complexity index is 411. The van der Waals surface area contributed by atoms with E-state index in [1.807, 2.05) is 0 Å². The first-order valence-corrected chi connectivity index (χ1v) is 5.02. The molecular weight excluding hydrogens is 216 g/mol. The van der Waals surface area contributed by atoms with Gasteiger partial charge in [-0.3, -0.25) is 14.9 Å². The van der Waals surface area contributed by atoms with Gasteiger partial charge >= 0.3 is 5.69 Å². The highest BCUT2D eigenvalue weighted by Crippen LogP contribution is 2.34. The second-order valence-corrected chi connectivity index (χ2v) is 3.86. The van der Waals surface area contributed by atoms with Crippen LogP contribution in [0.5, 0.6) is 0 Å². The van der Waals surface area contributed by atoms with Gasteiger partial charge in [-0.2, -0.15) is 0 Å². The highest BCUT2D eigenvalue weighted by Gasteiger charge is 2.20. The zero-order valence-electron chi connectivity index (χ0n) is 8.15. The predicted molar refractivity (Wildman–Crippen MR) is 59.7 cm³/mol. The summed E-state index contributed by atoms with van der Waals surface area (Å²) < 4.78 is 0. The molecular formula is C9H10N2O3S. The van der Waals surface area contributed by atoms with Gasteiger partial charge in [0, 0.05) is 12.6 Å². The molecule has 1 N–H and O–H groups in total. The summed E-state index contributed by atoms with van der Waals surface area (Å²) >= 11 is 1.09. The van der Waals surface area contributed by atoms with Gasteiger partial charge in [-0.25, -0.2) is 0 Å². The molecule has 1 heterocycles. The lowest BCUT2D eigenvalue weighted by Gasteiger charge is -1.97. The van der Waals surface area contributed by atoms with Crippen LogP contribution >= 0.6 is 11.3 Å². The number of anilines is 1. The highest BCUT2D eigenvalue weighted by atomic mass is 32.1. The number of nitrogens with zero attached hydrogens (tertiary/aromatic N) is 1. The molecule has 0 unspecified atom stereocenters. The van der Waals surface area contributed by atoms with Gasteiger partial charge in [-0.05, 0) is 6.92 Å². The predicted octanol–water partition coefficient (Wildman–Crippen LogP) is 2.46. The van der Waals surface area contributed by atoms with Gasteiger partial charge in [0.1, 0.15) is 0 Å². The number of ketones is 1. The van der Waals surface area contributed by atoms with Crippen LogP contribution in [0, 0.1) is 10.1 Å². The zero-order valence-corrected chi connectivity index (χ0v) is 8.97. The van der Waals surface area contributed by atoms with Gasteiger partial charge in [0.2, 0.25) is 0 Å². The second-order valence-electron chi connectivity index (χ2n) is 2.81. The summed E-state index contributed by atoms with van der Waals surface area (Å²) in [5.74, 6) is -0.172. The maximum Gasteiger partial charge on any atom is 0.304 e. The first-order chi connectivity index (χ1) is 7.06. The first kappa shape index (κ1) is 11.4. The van der Waals surface area contributed by atoms with Crippen molar-refractivity contribution in [2.24, 2.45) is 0 Å². The van der Waals surface area contributed by atoms with Gasteiger partial charge in [0.15, 0.2) is 10.8 Å². The smallest absolute Gasteiger partial charge is 0.304 e. The van der Waals surface area contributed by atoms with E-state index in [2.05, 4.69) is 11.9 Å². The molecule has 1 aromatic heterocycles. The van der Waals surface area contributed by atoms with Crippen LogP contribution in [-0.2, 0) is 0 Å². The number of hydrogen-bond acceptors (Lipinski definition) is 5. The van der Waals surface area contributed by atoms with Crippen molar-refractivity contribution in [2.75, 3.05) is 11.9 Å². The van der Waals surface area contributed by atoms with E-state index in [1.54, 1.807) is 6.08 Å². The van der Waals surface area contributed by atoms with Crippen molar-refractivity contribution in [3.05, 3.63) is 33.7 Å². The summed E-state index contributed by atoms with van der Waals surface area (Å²) in [6.07, 6.45) is 1.59. The van der Waals surface area contributed by atoms with Crippen molar-refractivity contribution in [1.82, 2.24) is 0 Å². The Morgan fingerprint density at radius 1 is 1.80 bits per heavy atom. The fourth-order valence-corrected chi connectivity index (χ4v) is 1.91. The Labute approximate surface area is 90.6 Å². The number of rotatable bonds is 5. The first-order valence-electron chi connectivity index (χ1n) is 4.20. The van der Waals surface area contributed by atoms with Crippen LogP contribution in [0.1, 0.15) is 16.6 Å². The summed E-state index contributed by atoms with van der Waals surface area (Å²) in [7, 11) is 0. The molecule has 0 radical (unpaired) electrons. The molecule has 0 fully saturated rings. The van der Waals surface area contributed by atoms with E-state index in [4.69, 9.17) is 0 Å². The average molecular weight is 226 g/mol. The van der Waals surface area contributed by atoms with E-state index >= 15 is 0 Å². The topological polar surface area (TPSA) is 72.2 Å². The number of nitro groups is 1. The Morgan fingerprint density at radius 2 is 2.47 bits per heavy atom. The number of hydrogen-bond donors (Lipinski definition) is 1. The van der Waals surface area contributed by atoms with E-state index < -0.39 is 4.92 Å². The summed E-state index contributed by atoms with van der Waals surface area (Å²) in [6.45, 7) is 5.31. The van der Waals surface area contributed by atoms with Gasteiger partial charge in [-0.15, -0.1) is 17.9 Å². The van der Waals surface area contributed by atoms with E-state index in [0.29, 0.717) is 16.4 Å². The molecule has 1 rings (SSSR count). The van der Waals surface area contributed by atoms with Crippen molar-refractivity contribution in [1.29, 1.82) is 0 Å². The van der Waals surface area contributed by atoms with Crippen molar-refractivity contribution in [2.45, 2.75) is 6.92 Å². The number of nitrogens with one attached hydrogen (secondary N) is 1. The third-order valence-corrected chi connectivity index (χ3v) is 2.85. The maximum atomic E-state index is 11.0. The van der Waals surface area contributed by atoms with Gasteiger partial charge in [0.25, 0.3) is 0 Å². The Morgan fingerprint density at radius 3 is 2.93 bits per heavy atom. The largest absolute Gasteiger partial charge is 0.368 e. The molecule has 0 atom stereocenters. The van der Waals surface area contributed by atoms with E-state index in [-0.39, 0.29) is 11.5 Å². The maximum absolute atomic E-state index is 11.0. The van der Waals surface area contributed by atoms with Gasteiger partial charge in [0.05, 0.1) is 9.80 Å². The lowest BCUT2D eigenvalue weighted by atomic mass is 10.3. The normalized spacial score (nSPS) is 9.67. The molecule has 0 saturated heterocycles. The van der Waals surface area contributed by atoms with E-state index in [9.17, 15) is 14.9 Å². The number of carbonyl (C=O) groups is 1. The molecule has 5 nitrogen and oxygen atoms in total. The molecule has 0 bridgehead atoms. The van der Waals surface area contributed by atoms with E-state index in [0.717, 1.165) is 11.3 Å². The van der Waals surface area contributed by atoms with Crippen LogP contribution in [0.4, 0.5) is 10.7 Å². The number of carbonyl (C=O) groups excluding carboxylic acids is 1. The van der Waals surface area contributed by atoms with Gasteiger partial charge in [-0.1, -0.05) is 6.08 Å². The Kier molecular flexibility index (Phi) is 3.56. The molecule has 15 heavy (non-hydrogen) atoms. The molecule has 0 saturated carbocycles. The SMILES string of the molecule is C=CCNc1sc(C(C)=O)cc1[N+](=O)[O-]. The summed E-state index contributed by atoms with van der Waals surface area (Å²) in [5.41, 5.74) is -0.0629. The minimum atomic E-state index is -0.506. The van der Waals surface area contributed by atoms with Crippen LogP contribution in [0.25, 0.3) is 0 Å². The molecule has 0 aliphatic heterocycles. The van der Waals surface area contributed by atoms with Crippen LogP contribution in [0.3, 0.4) is 0 Å². The third-order valence-electron chi connectivity index (χ3n) is 1.66. The van der Waals surface area contributed by atoms with Crippen molar-refractivity contribution in [3.8, 4) is 0 Å². The van der Waals surface area contributed by atoms with Crippen LogP contribution in [0.15, 0.2) is 18.7 Å². The molecule has 0 aromatic carbocycles. The van der Waals surface area contributed by atoms with Gasteiger partial charge < -0.3 is 5.32 Å². The Hall–Kier alpha value is -1.69. The quantitative estimate of drug-likeness (QED) is 0.362. The van der Waals surface area contributed by atoms with Crippen molar-refractivity contribution in [3.63, 3.8) is 0 Å². The van der Waals surface area contributed by atoms with Crippen LogP contribution < -0.4 is 5.32 Å². The fraction of sp³-hybridized carbons (Fsp3) is 0.222. The standard InChI is InChI=1S/C9H10N2O3S/c1-3-4-10-9-7(11(13)14)5-8(15-9)6(2)12/h3,5,10H,1,4H2,2H3. The summed E-state index contributed by atoms with van der Waals surface area (Å²) in [5, 5.41) is 13.9. The minimum Gasteiger partial charge on any atom is -0.368 e. The summed E-state index contributed by atoms with van der Waals surface area (Å²) in [6, 6.07) is 1.29. The molecule has 0 amide bonds. The Balaban J connectivity index is 3.05. The summed E-state index contributed by atoms with van der Waals surface area (Å²) in [4.78, 5) is 21.6. The zero-order chi connectivity index (χ0) is 11.4. The number of Topliss-reactive ketones (excluding diaryl/α,β-unsaturated/α-hetero) is 1. The molecule has 1 aromatic rings. The highest BCUT2D eigenvalue weighted by molar-refractivity contribution is 7.18. The van der Waals surface area contributed by atoms with Crippen molar-refractivity contribution < 1.29 is 9.72 Å². The third kappa shape index (κ3) is 2.63. The average Bonchev–Trinajstić information content (AvgIpc) is 2.58. The second kappa shape index (κ2) is 4.70. The molecule has 0 aliphatic rings. The van der Waals surface area contributed by atoms with Crippen LogP contribution in [-0.4, -0.2) is 17.3 Å². The van der Waals surface area contributed by atoms with E-state index in [1.165, 1.54) is 13.0 Å². The molecule has 80 valence electrons. The van der Waals surface area contributed by atoms with Crippen LogP contribution in [0.2, 0.25) is 0 Å². The monoisotopic (exact) mass is 226 g/mol. The van der Waals surface area contributed by atoms with Crippen molar-refractivity contribution >= 4 is 27.8 Å². The fourth-order valence-electron chi connectivity index (χ4n) is 0.982. The number of thiophene rings is 1. The molecule has 0 aliphatic carbocycles. The lowest BCUT2D eigenvalue weighted by molar-refractivity contribution is -0.383. The lowest BCUT2D eigenvalue weighted by Crippen LogP contribution is -1.98.